The van der Waals surface area contributed by atoms with Gasteiger partial charge in [0, 0.05) is 19.3 Å². The van der Waals surface area contributed by atoms with E-state index in [9.17, 15) is 28.9 Å². The van der Waals surface area contributed by atoms with Gasteiger partial charge in [0.1, 0.15) is 12.7 Å². The van der Waals surface area contributed by atoms with E-state index in [1.54, 1.807) is 0 Å². The van der Waals surface area contributed by atoms with E-state index in [1.165, 1.54) is 44.9 Å². The lowest BCUT2D eigenvalue weighted by molar-refractivity contribution is -0.161. The quantitative estimate of drug-likeness (QED) is 0.0197. The molecule has 0 aromatic carbocycles. The summed E-state index contributed by atoms with van der Waals surface area (Å²) in [7, 11) is -4.78. The number of esters is 3. The molecule has 0 heterocycles. The third kappa shape index (κ3) is 58.5. The third-order valence-electron chi connectivity index (χ3n) is 12.8. The van der Waals surface area contributed by atoms with Crippen LogP contribution in [0.15, 0.2) is 122 Å². The van der Waals surface area contributed by atoms with Gasteiger partial charge in [0.15, 0.2) is 6.10 Å². The average molecular weight is 1140 g/mol. The van der Waals surface area contributed by atoms with E-state index in [0.717, 1.165) is 148 Å². The Kier molecular flexibility index (Phi) is 57.8. The van der Waals surface area contributed by atoms with Gasteiger partial charge in [-0.15, -0.1) is 0 Å². The van der Waals surface area contributed by atoms with Gasteiger partial charge >= 0.3 is 25.7 Å². The molecular weight excluding hydrogens is 1020 g/mol. The average Bonchev–Trinajstić information content (AvgIpc) is 3.45. The topological polar surface area (TPSA) is 155 Å². The monoisotopic (exact) mass is 1140 g/mol. The van der Waals surface area contributed by atoms with Crippen LogP contribution in [0, 0.1) is 0 Å². The molecule has 0 bridgehead atoms. The lowest BCUT2D eigenvalue weighted by Gasteiger charge is -2.21. The largest absolute Gasteiger partial charge is 0.472 e. The molecule has 0 fully saturated rings. The normalized spacial score (nSPS) is 14.1. The van der Waals surface area contributed by atoms with Crippen molar-refractivity contribution in [2.45, 2.75) is 264 Å². The van der Waals surface area contributed by atoms with Crippen molar-refractivity contribution < 1.29 is 52.2 Å². The zero-order valence-electron chi connectivity index (χ0n) is 50.5. The van der Waals surface area contributed by atoms with Crippen molar-refractivity contribution in [1.82, 2.24) is 0 Å². The van der Waals surface area contributed by atoms with Crippen LogP contribution in [0.3, 0.4) is 0 Å². The van der Waals surface area contributed by atoms with Crippen LogP contribution >= 0.6 is 7.82 Å². The zero-order valence-corrected chi connectivity index (χ0v) is 51.4. The summed E-state index contributed by atoms with van der Waals surface area (Å²) < 4.78 is 39.6. The van der Waals surface area contributed by atoms with Crippen LogP contribution < -0.4 is 0 Å². The van der Waals surface area contributed by atoms with Crippen molar-refractivity contribution in [1.29, 1.82) is 0 Å². The molecule has 0 aliphatic carbocycles. The first kappa shape index (κ1) is 75.9. The van der Waals surface area contributed by atoms with E-state index in [-0.39, 0.29) is 25.9 Å². The van der Waals surface area contributed by atoms with E-state index < -0.39 is 57.8 Å². The van der Waals surface area contributed by atoms with Gasteiger partial charge in [-0.05, 0) is 135 Å². The number of aliphatic hydroxyl groups excluding tert-OH is 1. The molecule has 0 radical (unpaired) electrons. The van der Waals surface area contributed by atoms with Gasteiger partial charge in [-0.25, -0.2) is 4.57 Å². The van der Waals surface area contributed by atoms with Crippen molar-refractivity contribution in [3.05, 3.63) is 122 Å². The molecule has 3 atom stereocenters. The van der Waals surface area contributed by atoms with Crippen LogP contribution in [0.2, 0.25) is 0 Å². The second-order valence-electron chi connectivity index (χ2n) is 20.5. The Bertz CT molecular complexity index is 1800. The number of phosphoric ester groups is 1. The second kappa shape index (κ2) is 61.0. The summed E-state index contributed by atoms with van der Waals surface area (Å²) in [6.45, 7) is 4.41. The summed E-state index contributed by atoms with van der Waals surface area (Å²) in [4.78, 5) is 48.7. The van der Waals surface area contributed by atoms with E-state index in [0.29, 0.717) is 19.3 Å². The Balaban J connectivity index is 4.83. The SMILES string of the molecule is CC/C=C\C/C=C\C/C=C\C/C=C\C/C=C\CCCCCC(=O)OCC(COP(=O)(O)OCC(CO)OC(=O)CCCCCCC/C=C\C/C=C\CCCCC)OC(=O)CCCCCCCC/C=C\C/C=C\C/C=C\CCCCC. The van der Waals surface area contributed by atoms with Crippen molar-refractivity contribution in [3.8, 4) is 0 Å². The summed E-state index contributed by atoms with van der Waals surface area (Å²) in [6, 6.07) is 0. The summed E-state index contributed by atoms with van der Waals surface area (Å²) in [5.41, 5.74) is 0. The number of rotatable bonds is 57. The lowest BCUT2D eigenvalue weighted by Crippen LogP contribution is -2.30. The minimum atomic E-state index is -4.78. The maximum absolute atomic E-state index is 13.0. The Morgan fingerprint density at radius 3 is 1.01 bits per heavy atom. The van der Waals surface area contributed by atoms with Gasteiger partial charge in [0.25, 0.3) is 0 Å². The van der Waals surface area contributed by atoms with Crippen molar-refractivity contribution in [3.63, 3.8) is 0 Å². The number of carbonyl (C=O) groups excluding carboxylic acids is 3. The van der Waals surface area contributed by atoms with Crippen LogP contribution in [-0.2, 0) is 42.2 Å². The van der Waals surface area contributed by atoms with E-state index in [4.69, 9.17) is 23.3 Å². The van der Waals surface area contributed by atoms with Gasteiger partial charge in [0.05, 0.1) is 19.8 Å². The van der Waals surface area contributed by atoms with Gasteiger partial charge in [0.2, 0.25) is 0 Å². The molecule has 3 unspecified atom stereocenters. The molecule has 0 aliphatic rings. The molecule has 0 rings (SSSR count). The number of unbranched alkanes of at least 4 members (excludes halogenated alkanes) is 20. The molecule has 0 aromatic heterocycles. The summed E-state index contributed by atoms with van der Waals surface area (Å²) in [5, 5.41) is 9.84. The molecule has 0 saturated carbocycles. The number of ether oxygens (including phenoxy) is 3. The molecule has 456 valence electrons. The number of hydrogen-bond donors (Lipinski definition) is 2. The highest BCUT2D eigenvalue weighted by Crippen LogP contribution is 2.43. The number of aliphatic hydroxyl groups is 1. The van der Waals surface area contributed by atoms with E-state index in [2.05, 4.69) is 142 Å². The molecule has 0 aliphatic heterocycles. The highest BCUT2D eigenvalue weighted by Gasteiger charge is 2.28. The summed E-state index contributed by atoms with van der Waals surface area (Å²) in [6.07, 6.45) is 75.7. The van der Waals surface area contributed by atoms with E-state index >= 15 is 0 Å². The Labute approximate surface area is 487 Å². The standard InChI is InChI=1S/C68H113O11P/c1-4-7-10-13-16-19-22-25-28-30-32-34-37-39-42-45-48-51-54-57-66(70)75-61-65(79-68(72)59-56-53-50-47-44-41-38-35-33-31-29-26-23-20-17-14-11-8-5-2)63-77-80(73,74)76-62-64(60-69)78-67(71)58-55-52-49-46-43-40-36-27-24-21-18-15-12-9-6-3/h7,10,16-21,25-29,32-36,39,42,64-65,69H,4-6,8-9,11-15,22-24,30-31,37-38,40-41,43-63H2,1-3H3,(H,73,74)/b10-7-,19-16-,20-17-,21-18-,28-25-,29-26-,34-32-,35-33-,36-27-,42-39-. The molecule has 2 N–H and O–H groups in total. The maximum Gasteiger partial charge on any atom is 0.472 e. The molecule has 0 aromatic rings. The summed E-state index contributed by atoms with van der Waals surface area (Å²) in [5.74, 6) is -1.54. The zero-order chi connectivity index (χ0) is 58.3. The van der Waals surface area contributed by atoms with Gasteiger partial charge < -0.3 is 24.2 Å². The maximum atomic E-state index is 13.0. The lowest BCUT2D eigenvalue weighted by atomic mass is 10.1. The minimum absolute atomic E-state index is 0.138. The van der Waals surface area contributed by atoms with Crippen LogP contribution in [0.5, 0.6) is 0 Å². The van der Waals surface area contributed by atoms with E-state index in [1.807, 2.05) is 0 Å². The minimum Gasteiger partial charge on any atom is -0.462 e. The fourth-order valence-electron chi connectivity index (χ4n) is 8.07. The first-order valence-corrected chi connectivity index (χ1v) is 32.9. The van der Waals surface area contributed by atoms with Gasteiger partial charge in [-0.2, -0.15) is 0 Å². The highest BCUT2D eigenvalue weighted by molar-refractivity contribution is 7.47. The van der Waals surface area contributed by atoms with Crippen LogP contribution in [-0.4, -0.2) is 66.5 Å². The summed E-state index contributed by atoms with van der Waals surface area (Å²) >= 11 is 0. The van der Waals surface area contributed by atoms with Crippen LogP contribution in [0.1, 0.15) is 252 Å². The fraction of sp³-hybridized carbons (Fsp3) is 0.662. The molecular formula is C68H113O11P. The van der Waals surface area contributed by atoms with Crippen LogP contribution in [0.4, 0.5) is 0 Å². The number of allylic oxidation sites excluding steroid dienone is 20. The van der Waals surface area contributed by atoms with Crippen molar-refractivity contribution in [2.24, 2.45) is 0 Å². The molecule has 0 saturated heterocycles. The Hall–Kier alpha value is -4.12. The predicted molar refractivity (Wildman–Crippen MR) is 334 cm³/mol. The predicted octanol–water partition coefficient (Wildman–Crippen LogP) is 19.1. The molecule has 12 heteroatoms. The van der Waals surface area contributed by atoms with Crippen molar-refractivity contribution >= 4 is 25.7 Å². The first-order chi connectivity index (χ1) is 39.2. The van der Waals surface area contributed by atoms with Crippen molar-refractivity contribution in [2.75, 3.05) is 26.4 Å². The number of carbonyl (C=O) groups is 3. The highest BCUT2D eigenvalue weighted by atomic mass is 31.2. The smallest absolute Gasteiger partial charge is 0.462 e. The molecule has 0 spiro atoms. The van der Waals surface area contributed by atoms with Crippen LogP contribution in [0.25, 0.3) is 0 Å². The van der Waals surface area contributed by atoms with Gasteiger partial charge in [-0.3, -0.25) is 23.4 Å². The number of phosphoric acid groups is 1. The Morgan fingerprint density at radius 2 is 0.650 bits per heavy atom. The first-order valence-electron chi connectivity index (χ1n) is 31.4. The van der Waals surface area contributed by atoms with Gasteiger partial charge in [-0.1, -0.05) is 219 Å². The number of hydrogen-bond acceptors (Lipinski definition) is 10. The molecule has 11 nitrogen and oxygen atoms in total. The Morgan fingerprint density at radius 1 is 0.362 bits per heavy atom. The molecule has 80 heavy (non-hydrogen) atoms. The third-order valence-corrected chi connectivity index (χ3v) is 13.8. The fourth-order valence-corrected chi connectivity index (χ4v) is 8.85. The molecule has 0 amide bonds. The second-order valence-corrected chi connectivity index (χ2v) is 21.9.